The first kappa shape index (κ1) is 21.1. The SMILES string of the molecule is C[Si](C)(C)CCOCn1ccc2nc(NC(=O)N[C@H]3CCN(C(=O)O)C3)cnc21. The molecule has 1 saturated heterocycles. The van der Waals surface area contributed by atoms with Gasteiger partial charge in [-0.3, -0.25) is 5.32 Å². The van der Waals surface area contributed by atoms with Crippen LogP contribution in [0.15, 0.2) is 18.5 Å². The first-order valence-corrected chi connectivity index (χ1v) is 13.4. The summed E-state index contributed by atoms with van der Waals surface area (Å²) in [7, 11) is -1.12. The predicted octanol–water partition coefficient (Wildman–Crippen LogP) is 2.62. The van der Waals surface area contributed by atoms with E-state index in [2.05, 4.69) is 40.2 Å². The second kappa shape index (κ2) is 8.78. The van der Waals surface area contributed by atoms with Gasteiger partial charge in [0.25, 0.3) is 0 Å². The zero-order valence-electron chi connectivity index (χ0n) is 17.0. The summed E-state index contributed by atoms with van der Waals surface area (Å²) in [5.41, 5.74) is 1.35. The fourth-order valence-electron chi connectivity index (χ4n) is 3.06. The Kier molecular flexibility index (Phi) is 6.38. The molecule has 29 heavy (non-hydrogen) atoms. The van der Waals surface area contributed by atoms with Crippen molar-refractivity contribution in [1.82, 2.24) is 24.8 Å². The van der Waals surface area contributed by atoms with Crippen molar-refractivity contribution in [3.8, 4) is 0 Å². The van der Waals surface area contributed by atoms with Gasteiger partial charge in [0, 0.05) is 40.0 Å². The van der Waals surface area contributed by atoms with Gasteiger partial charge in [0.1, 0.15) is 12.2 Å². The molecule has 3 rings (SSSR count). The van der Waals surface area contributed by atoms with E-state index in [-0.39, 0.29) is 12.6 Å². The Morgan fingerprint density at radius 3 is 2.86 bits per heavy atom. The van der Waals surface area contributed by atoms with Crippen LogP contribution in [0.1, 0.15) is 6.42 Å². The van der Waals surface area contributed by atoms with Crippen molar-refractivity contribution in [3.63, 3.8) is 0 Å². The highest BCUT2D eigenvalue weighted by molar-refractivity contribution is 6.76. The van der Waals surface area contributed by atoms with Gasteiger partial charge in [0.05, 0.1) is 6.20 Å². The van der Waals surface area contributed by atoms with Gasteiger partial charge in [-0.2, -0.15) is 0 Å². The fraction of sp³-hybridized carbons (Fsp3) is 0.556. The number of nitrogens with one attached hydrogen (secondary N) is 2. The molecule has 3 amide bonds. The summed E-state index contributed by atoms with van der Waals surface area (Å²) in [6.45, 7) is 8.78. The summed E-state index contributed by atoms with van der Waals surface area (Å²) in [5.74, 6) is 0.334. The third kappa shape index (κ3) is 5.91. The topological polar surface area (TPSA) is 122 Å². The number of carbonyl (C=O) groups excluding carboxylic acids is 1. The van der Waals surface area contributed by atoms with E-state index >= 15 is 0 Å². The van der Waals surface area contributed by atoms with Crippen LogP contribution in [0.3, 0.4) is 0 Å². The molecule has 158 valence electrons. The van der Waals surface area contributed by atoms with E-state index in [1.54, 1.807) is 0 Å². The van der Waals surface area contributed by atoms with Crippen LogP contribution in [0.4, 0.5) is 15.4 Å². The van der Waals surface area contributed by atoms with Crippen LogP contribution in [-0.2, 0) is 11.5 Å². The number of nitrogens with zero attached hydrogens (tertiary/aromatic N) is 4. The Balaban J connectivity index is 1.52. The van der Waals surface area contributed by atoms with E-state index < -0.39 is 20.2 Å². The average Bonchev–Trinajstić information content (AvgIpc) is 3.25. The van der Waals surface area contributed by atoms with Crippen molar-refractivity contribution < 1.29 is 19.4 Å². The smallest absolute Gasteiger partial charge is 0.407 e. The molecule has 0 bridgehead atoms. The third-order valence-corrected chi connectivity index (χ3v) is 6.43. The summed E-state index contributed by atoms with van der Waals surface area (Å²) >= 11 is 0. The molecule has 1 atom stereocenters. The summed E-state index contributed by atoms with van der Waals surface area (Å²) in [6, 6.07) is 2.29. The molecule has 0 saturated carbocycles. The predicted molar refractivity (Wildman–Crippen MR) is 112 cm³/mol. The molecule has 1 aliphatic heterocycles. The molecule has 3 N–H and O–H groups in total. The molecular weight excluding hydrogens is 392 g/mol. The van der Waals surface area contributed by atoms with Crippen LogP contribution in [0.5, 0.6) is 0 Å². The lowest BCUT2D eigenvalue weighted by Crippen LogP contribution is -2.40. The molecule has 0 unspecified atom stereocenters. The minimum Gasteiger partial charge on any atom is -0.465 e. The van der Waals surface area contributed by atoms with Crippen LogP contribution in [0.2, 0.25) is 25.7 Å². The standard InChI is InChI=1S/C18H28N6O4Si/c1-29(2,3)9-8-28-12-24-7-5-14-16(24)19-10-15(21-14)22-17(25)20-13-4-6-23(11-13)18(26)27/h5,7,10,13H,4,6,8-9,11-12H2,1-3H3,(H,26,27)(H2,20,21,22,25)/t13-/m0/s1. The zero-order chi connectivity index (χ0) is 21.0. The number of likely N-dealkylation sites (tertiary alicyclic amines) is 1. The Morgan fingerprint density at radius 2 is 2.17 bits per heavy atom. The van der Waals surface area contributed by atoms with Gasteiger partial charge in [-0.1, -0.05) is 19.6 Å². The number of anilines is 1. The summed E-state index contributed by atoms with van der Waals surface area (Å²) in [4.78, 5) is 33.2. The van der Waals surface area contributed by atoms with E-state index in [0.29, 0.717) is 36.7 Å². The van der Waals surface area contributed by atoms with Gasteiger partial charge in [0.2, 0.25) is 0 Å². The Hall–Kier alpha value is -2.66. The molecule has 1 fully saturated rings. The van der Waals surface area contributed by atoms with Crippen LogP contribution in [-0.4, -0.2) is 70.5 Å². The number of aromatic nitrogens is 3. The molecule has 0 spiro atoms. The molecule has 3 heterocycles. The molecule has 0 radical (unpaired) electrons. The Labute approximate surface area is 170 Å². The average molecular weight is 421 g/mol. The van der Waals surface area contributed by atoms with Crippen molar-refractivity contribution in [1.29, 1.82) is 0 Å². The van der Waals surface area contributed by atoms with Gasteiger partial charge >= 0.3 is 12.1 Å². The maximum absolute atomic E-state index is 12.2. The van der Waals surface area contributed by atoms with E-state index in [1.165, 1.54) is 11.1 Å². The number of ether oxygens (including phenoxy) is 1. The van der Waals surface area contributed by atoms with Crippen LogP contribution in [0, 0.1) is 0 Å². The zero-order valence-corrected chi connectivity index (χ0v) is 18.0. The normalized spacial score (nSPS) is 16.9. The monoisotopic (exact) mass is 420 g/mol. The molecule has 0 aromatic carbocycles. The van der Waals surface area contributed by atoms with E-state index in [4.69, 9.17) is 9.84 Å². The molecule has 10 nitrogen and oxygen atoms in total. The number of urea groups is 1. The van der Waals surface area contributed by atoms with Gasteiger partial charge in [-0.15, -0.1) is 0 Å². The van der Waals surface area contributed by atoms with Crippen molar-refractivity contribution in [3.05, 3.63) is 18.5 Å². The number of carbonyl (C=O) groups is 2. The van der Waals surface area contributed by atoms with Gasteiger partial charge in [0.15, 0.2) is 11.5 Å². The second-order valence-electron chi connectivity index (χ2n) is 8.41. The highest BCUT2D eigenvalue weighted by Gasteiger charge is 2.27. The largest absolute Gasteiger partial charge is 0.465 e. The van der Waals surface area contributed by atoms with Crippen molar-refractivity contribution in [2.75, 3.05) is 25.0 Å². The first-order valence-electron chi connectivity index (χ1n) is 9.66. The minimum atomic E-state index is -1.12. The number of fused-ring (bicyclic) bond motifs is 1. The van der Waals surface area contributed by atoms with Crippen LogP contribution in [0.25, 0.3) is 11.2 Å². The number of rotatable bonds is 7. The summed E-state index contributed by atoms with van der Waals surface area (Å²) in [6.07, 6.45) is 2.98. The highest BCUT2D eigenvalue weighted by atomic mass is 28.3. The Bertz CT molecular complexity index is 881. The number of hydrogen-bond donors (Lipinski definition) is 3. The maximum Gasteiger partial charge on any atom is 0.407 e. The van der Waals surface area contributed by atoms with Crippen molar-refractivity contribution in [2.45, 2.75) is 44.9 Å². The van der Waals surface area contributed by atoms with Crippen LogP contribution >= 0.6 is 0 Å². The lowest BCUT2D eigenvalue weighted by atomic mass is 10.3. The second-order valence-corrected chi connectivity index (χ2v) is 14.0. The van der Waals surface area contributed by atoms with Gasteiger partial charge < -0.3 is 24.6 Å². The number of hydrogen-bond acceptors (Lipinski definition) is 5. The number of amides is 3. The minimum absolute atomic E-state index is 0.211. The molecule has 0 aliphatic carbocycles. The lowest BCUT2D eigenvalue weighted by molar-refractivity contribution is 0.0899. The van der Waals surface area contributed by atoms with Crippen molar-refractivity contribution in [2.24, 2.45) is 0 Å². The van der Waals surface area contributed by atoms with Crippen molar-refractivity contribution >= 4 is 37.2 Å². The van der Waals surface area contributed by atoms with Gasteiger partial charge in [-0.05, 0) is 18.5 Å². The molecule has 2 aromatic rings. The number of carboxylic acid groups (broad SMARTS) is 1. The molecule has 11 heteroatoms. The van der Waals surface area contributed by atoms with E-state index in [1.807, 2.05) is 16.8 Å². The molecule has 2 aromatic heterocycles. The van der Waals surface area contributed by atoms with E-state index in [9.17, 15) is 9.59 Å². The van der Waals surface area contributed by atoms with E-state index in [0.717, 1.165) is 12.7 Å². The summed E-state index contributed by atoms with van der Waals surface area (Å²) < 4.78 is 7.65. The van der Waals surface area contributed by atoms with Gasteiger partial charge in [-0.25, -0.2) is 19.6 Å². The maximum atomic E-state index is 12.2. The quantitative estimate of drug-likeness (QED) is 0.468. The third-order valence-electron chi connectivity index (χ3n) is 4.73. The Morgan fingerprint density at radius 1 is 1.38 bits per heavy atom. The first-order chi connectivity index (χ1) is 13.7. The van der Waals surface area contributed by atoms with Crippen LogP contribution < -0.4 is 10.6 Å². The fourth-order valence-corrected chi connectivity index (χ4v) is 3.81. The molecule has 1 aliphatic rings. The molecular formula is C18H28N6O4Si. The highest BCUT2D eigenvalue weighted by Crippen LogP contribution is 2.15. The summed E-state index contributed by atoms with van der Waals surface area (Å²) in [5, 5.41) is 14.4. The lowest BCUT2D eigenvalue weighted by Gasteiger charge is -2.15.